The van der Waals surface area contributed by atoms with E-state index in [1.165, 1.54) is 751 Å². The fourth-order valence-electron chi connectivity index (χ4n) is 21.1. The maximum atomic E-state index is 11.3. The van der Waals surface area contributed by atoms with Crippen LogP contribution in [-0.2, 0) is 4.79 Å². The summed E-state index contributed by atoms with van der Waals surface area (Å²) in [6, 6.07) is 0. The zero-order valence-corrected chi connectivity index (χ0v) is 88.5. The van der Waals surface area contributed by atoms with Gasteiger partial charge < -0.3 is 4.90 Å². The van der Waals surface area contributed by atoms with Gasteiger partial charge in [0.2, 0.25) is 5.91 Å². The zero-order chi connectivity index (χ0) is 89.3. The Morgan fingerprint density at radius 2 is 0.175 bits per heavy atom. The van der Waals surface area contributed by atoms with Crippen LogP contribution in [0.4, 0.5) is 0 Å². The minimum atomic E-state index is 0. The third-order valence-corrected chi connectivity index (χ3v) is 30.4. The summed E-state index contributed by atoms with van der Waals surface area (Å²) in [6.45, 7) is 4.91. The molecule has 0 saturated heterocycles. The smallest absolute Gasteiger partial charge is 0.219 e. The molecule has 0 heterocycles. The van der Waals surface area contributed by atoms with Crippen LogP contribution in [0.5, 0.6) is 0 Å². The number of rotatable bonds is 119. The monoisotopic (exact) mass is 1770 g/mol. The summed E-state index contributed by atoms with van der Waals surface area (Å²) < 4.78 is 0. The average Bonchev–Trinajstić information content (AvgIpc) is 1.01. The Kier molecular flexibility index (Phi) is 124. The van der Waals surface area contributed by atoms with E-state index < -0.39 is 0 Å². The van der Waals surface area contributed by atoms with Crippen LogP contribution in [0.3, 0.4) is 0 Å². The van der Waals surface area contributed by atoms with Crippen molar-refractivity contribution in [1.29, 1.82) is 0 Å². The van der Waals surface area contributed by atoms with E-state index in [0.29, 0.717) is 0 Å². The van der Waals surface area contributed by atoms with E-state index in [1.807, 2.05) is 11.9 Å². The molecule has 0 aromatic carbocycles. The molecular weight excluding hydrogens is 1520 g/mol. The second kappa shape index (κ2) is 122. The van der Waals surface area contributed by atoms with Gasteiger partial charge in [-0.05, 0) is 6.42 Å². The first-order valence-electron chi connectivity index (χ1n) is 61.4. The van der Waals surface area contributed by atoms with Gasteiger partial charge in [0.05, 0.1) is 0 Å². The molecule has 0 aromatic heterocycles. The molecular formula is C124H251NO. The van der Waals surface area contributed by atoms with Crippen molar-refractivity contribution in [3.8, 4) is 0 Å². The van der Waals surface area contributed by atoms with Gasteiger partial charge in [-0.15, -0.1) is 0 Å². The molecule has 126 heavy (non-hydrogen) atoms. The summed E-state index contributed by atoms with van der Waals surface area (Å²) >= 11 is 0. The van der Waals surface area contributed by atoms with Crippen LogP contribution >= 0.6 is 0 Å². The molecule has 0 aliphatic rings. The van der Waals surface area contributed by atoms with Crippen molar-refractivity contribution in [2.45, 2.75) is 779 Å². The van der Waals surface area contributed by atoms with Crippen molar-refractivity contribution in [1.82, 2.24) is 4.90 Å². The number of amides is 1. The fraction of sp³-hybridized carbons (Fsp3) is 0.992. The Morgan fingerprint density at radius 1 is 0.119 bits per heavy atom. The highest BCUT2D eigenvalue weighted by Gasteiger charge is 2.07. The third-order valence-electron chi connectivity index (χ3n) is 30.4. The maximum Gasteiger partial charge on any atom is 0.219 e. The fourth-order valence-corrected chi connectivity index (χ4v) is 21.1. The van der Waals surface area contributed by atoms with Gasteiger partial charge in [0.25, 0.3) is 0 Å². The molecule has 0 rings (SSSR count). The van der Waals surface area contributed by atoms with Gasteiger partial charge in [-0.25, -0.2) is 0 Å². The van der Waals surface area contributed by atoms with E-state index in [2.05, 4.69) is 6.92 Å². The largest absolute Gasteiger partial charge is 0.346 e. The summed E-state index contributed by atoms with van der Waals surface area (Å²) in [4.78, 5) is 13.1. The summed E-state index contributed by atoms with van der Waals surface area (Å²) in [6.07, 6.45) is 175. The Morgan fingerprint density at radius 3 is 0.230 bits per heavy atom. The Hall–Kier alpha value is -0.530. The average molecular weight is 1770 g/mol. The van der Waals surface area contributed by atoms with Crippen molar-refractivity contribution in [3.05, 3.63) is 0 Å². The summed E-state index contributed by atoms with van der Waals surface area (Å²) in [7, 11) is 1.92. The lowest BCUT2D eigenvalue weighted by Gasteiger charge is -2.13. The molecule has 0 aromatic rings. The third kappa shape index (κ3) is 121. The molecule has 0 fully saturated rings. The molecule has 0 spiro atoms. The quantitative estimate of drug-likeness (QED) is 0.0556. The number of nitrogens with zero attached hydrogens (tertiary/aromatic N) is 1. The van der Waals surface area contributed by atoms with Crippen LogP contribution in [0.2, 0.25) is 0 Å². The minimum Gasteiger partial charge on any atom is -0.346 e. The Balaban J connectivity index is 0. The van der Waals surface area contributed by atoms with Gasteiger partial charge in [-0.2, -0.15) is 0 Å². The lowest BCUT2D eigenvalue weighted by Crippen LogP contribution is -2.24. The maximum absolute atomic E-state index is 11.3. The molecule has 0 saturated carbocycles. The van der Waals surface area contributed by atoms with Crippen LogP contribution in [0.25, 0.3) is 0 Å². The second-order valence-electron chi connectivity index (χ2n) is 43.3. The molecule has 0 aliphatic carbocycles. The predicted octanol–water partition coefficient (Wildman–Crippen LogP) is 47.2. The highest BCUT2D eigenvalue weighted by molar-refractivity contribution is 5.72. The predicted molar refractivity (Wildman–Crippen MR) is 581 cm³/mol. The van der Waals surface area contributed by atoms with Crippen LogP contribution < -0.4 is 0 Å². The summed E-state index contributed by atoms with van der Waals surface area (Å²) in [5.74, 6) is 0.194. The zero-order valence-electron chi connectivity index (χ0n) is 88.5. The molecule has 1 amide bonds. The summed E-state index contributed by atoms with van der Waals surface area (Å²) in [5.41, 5.74) is 0. The molecule has 758 valence electrons. The molecule has 0 radical (unpaired) electrons. The number of hydrogen-bond acceptors (Lipinski definition) is 1. The number of hydrogen-bond donors (Lipinski definition) is 0. The lowest BCUT2D eigenvalue weighted by molar-refractivity contribution is -0.127. The van der Waals surface area contributed by atoms with Crippen LogP contribution in [0, 0.1) is 0 Å². The Bertz CT molecular complexity index is 1710. The van der Waals surface area contributed by atoms with Crippen LogP contribution in [0.15, 0.2) is 0 Å². The van der Waals surface area contributed by atoms with Crippen molar-refractivity contribution >= 4 is 5.91 Å². The molecule has 2 nitrogen and oxygen atoms in total. The van der Waals surface area contributed by atoms with Crippen molar-refractivity contribution in [3.63, 3.8) is 0 Å². The van der Waals surface area contributed by atoms with Gasteiger partial charge in [-0.1, -0.05) is 766 Å². The van der Waals surface area contributed by atoms with Gasteiger partial charge >= 0.3 is 0 Å². The molecule has 0 unspecified atom stereocenters. The van der Waals surface area contributed by atoms with Gasteiger partial charge in [0, 0.05) is 20.5 Å². The molecule has 0 bridgehead atoms. The van der Waals surface area contributed by atoms with Gasteiger partial charge in [-0.3, -0.25) is 4.79 Å². The minimum absolute atomic E-state index is 0. The lowest BCUT2D eigenvalue weighted by atomic mass is 10.0. The van der Waals surface area contributed by atoms with Crippen molar-refractivity contribution in [2.75, 3.05) is 13.6 Å². The number of unbranched alkanes of at least 4 members (excludes halogenated alkanes) is 117. The SMILES string of the molecule is C.CCCCCCCCCCCCCCCCCCCCCCCCCCCCCCCCCCCCCCCCCCCCCCCCCCCCCCCCCCCCCCCCCCCCCCCCCCCCCCCCCCCCCCCCCCCCCCCCCCCCCCCCCCCCCCCCCCCCCCCCN(C)C(C)=O. The molecule has 0 N–H and O–H groups in total. The van der Waals surface area contributed by atoms with Gasteiger partial charge in [0.15, 0.2) is 0 Å². The molecule has 0 aliphatic heterocycles. The molecule has 0 atom stereocenters. The number of carbonyl (C=O) groups excluding carboxylic acids is 1. The van der Waals surface area contributed by atoms with Gasteiger partial charge in [0.1, 0.15) is 0 Å². The first-order chi connectivity index (χ1) is 62.2. The summed E-state index contributed by atoms with van der Waals surface area (Å²) in [5, 5.41) is 0. The highest BCUT2D eigenvalue weighted by atomic mass is 16.2. The normalized spacial score (nSPS) is 11.7. The molecule has 2 heteroatoms. The van der Waals surface area contributed by atoms with E-state index in [9.17, 15) is 4.79 Å². The highest BCUT2D eigenvalue weighted by Crippen LogP contribution is 2.26. The second-order valence-corrected chi connectivity index (χ2v) is 43.3. The van der Waals surface area contributed by atoms with Crippen molar-refractivity contribution in [2.24, 2.45) is 0 Å². The van der Waals surface area contributed by atoms with E-state index in [0.717, 1.165) is 13.0 Å². The van der Waals surface area contributed by atoms with E-state index in [-0.39, 0.29) is 13.3 Å². The topological polar surface area (TPSA) is 20.3 Å². The van der Waals surface area contributed by atoms with E-state index >= 15 is 0 Å². The number of carbonyl (C=O) groups is 1. The van der Waals surface area contributed by atoms with Crippen LogP contribution in [-0.4, -0.2) is 24.4 Å². The van der Waals surface area contributed by atoms with Crippen molar-refractivity contribution < 1.29 is 4.79 Å². The van der Waals surface area contributed by atoms with E-state index in [4.69, 9.17) is 0 Å². The standard InChI is InChI=1S/C123H247NO.CH4/c1-4-5-6-7-8-9-10-11-12-13-14-15-16-17-18-19-20-21-22-23-24-25-26-27-28-29-30-31-32-33-34-35-36-37-38-39-40-41-42-43-44-45-46-47-48-49-50-51-52-53-54-55-56-57-58-59-60-61-62-63-64-65-66-67-68-69-70-71-72-73-74-75-76-77-78-79-80-81-82-83-84-85-86-87-88-89-90-91-92-93-94-95-96-97-98-99-100-101-102-103-104-105-106-107-108-109-110-111-112-113-114-115-116-117-118-119-120-121-122-124(3)123(2)125;/h4-122H2,1-3H3;1H4. The van der Waals surface area contributed by atoms with E-state index in [1.54, 1.807) is 6.92 Å². The van der Waals surface area contributed by atoms with Crippen LogP contribution in [0.1, 0.15) is 779 Å². The Labute approximate surface area is 803 Å². The first-order valence-corrected chi connectivity index (χ1v) is 61.4. The first kappa shape index (κ1) is 128.